The molecule has 1 aliphatic heterocycles. The smallest absolute Gasteiger partial charge is 0.132 e. The zero-order valence-electron chi connectivity index (χ0n) is 8.99. The van der Waals surface area contributed by atoms with E-state index in [1.807, 2.05) is 0 Å². The van der Waals surface area contributed by atoms with Crippen LogP contribution < -0.4 is 4.74 Å². The first-order valence-electron chi connectivity index (χ1n) is 5.43. The minimum absolute atomic E-state index is 0.126. The van der Waals surface area contributed by atoms with E-state index in [1.54, 1.807) is 6.07 Å². The van der Waals surface area contributed by atoms with Crippen LogP contribution in [0.1, 0.15) is 18.4 Å². The Labute approximate surface area is 93.8 Å². The summed E-state index contributed by atoms with van der Waals surface area (Å²) < 4.78 is 24.1. The van der Waals surface area contributed by atoms with Gasteiger partial charge in [0, 0.05) is 18.2 Å². The van der Waals surface area contributed by atoms with Crippen LogP contribution in [0.15, 0.2) is 18.2 Å². The minimum atomic E-state index is -0.438. The molecule has 1 saturated heterocycles. The summed E-state index contributed by atoms with van der Waals surface area (Å²) in [5.41, 5.74) is 0.282. The first-order valence-corrected chi connectivity index (χ1v) is 5.43. The number of ether oxygens (including phenoxy) is 2. The quantitative estimate of drug-likeness (QED) is 0.851. The Morgan fingerprint density at radius 1 is 1.50 bits per heavy atom. The molecular weight excluding hydrogens is 211 g/mol. The van der Waals surface area contributed by atoms with Crippen molar-refractivity contribution in [1.82, 2.24) is 0 Å². The lowest BCUT2D eigenvalue weighted by atomic mass is 10.2. The van der Waals surface area contributed by atoms with Crippen molar-refractivity contribution in [3.8, 4) is 5.75 Å². The summed E-state index contributed by atoms with van der Waals surface area (Å²) in [6.07, 6.45) is 2.18. The summed E-state index contributed by atoms with van der Waals surface area (Å²) in [4.78, 5) is 0. The standard InChI is InChI=1S/C12H15FO3/c13-12-6-10(4-3-9(12)7-14)16-8-11-2-1-5-15-11/h3-4,6,11,14H,1-2,5,7-8H2/t11-/m0/s1. The van der Waals surface area contributed by atoms with E-state index in [0.29, 0.717) is 12.4 Å². The molecule has 0 amide bonds. The number of rotatable bonds is 4. The molecule has 4 heteroatoms. The molecule has 1 fully saturated rings. The van der Waals surface area contributed by atoms with E-state index in [9.17, 15) is 4.39 Å². The largest absolute Gasteiger partial charge is 0.491 e. The van der Waals surface area contributed by atoms with Gasteiger partial charge in [-0.1, -0.05) is 6.07 Å². The molecule has 1 atom stereocenters. The monoisotopic (exact) mass is 226 g/mol. The lowest BCUT2D eigenvalue weighted by molar-refractivity contribution is 0.0678. The zero-order chi connectivity index (χ0) is 11.4. The van der Waals surface area contributed by atoms with E-state index < -0.39 is 5.82 Å². The van der Waals surface area contributed by atoms with Crippen LogP contribution in [0.3, 0.4) is 0 Å². The third kappa shape index (κ3) is 2.71. The van der Waals surface area contributed by atoms with Crippen molar-refractivity contribution in [2.45, 2.75) is 25.6 Å². The Kier molecular flexibility index (Phi) is 3.74. The maximum absolute atomic E-state index is 13.3. The first-order chi connectivity index (χ1) is 7.79. The molecule has 3 nitrogen and oxygen atoms in total. The number of hydrogen-bond donors (Lipinski definition) is 1. The zero-order valence-corrected chi connectivity index (χ0v) is 8.99. The van der Waals surface area contributed by atoms with Crippen LogP contribution in [-0.4, -0.2) is 24.4 Å². The lowest BCUT2D eigenvalue weighted by Crippen LogP contribution is -2.16. The van der Waals surface area contributed by atoms with Gasteiger partial charge in [0.05, 0.1) is 12.7 Å². The van der Waals surface area contributed by atoms with Crippen molar-refractivity contribution in [3.05, 3.63) is 29.6 Å². The van der Waals surface area contributed by atoms with E-state index in [-0.39, 0.29) is 18.3 Å². The van der Waals surface area contributed by atoms with Crippen molar-refractivity contribution in [3.63, 3.8) is 0 Å². The Balaban J connectivity index is 1.91. The Hall–Kier alpha value is -1.13. The van der Waals surface area contributed by atoms with Crippen LogP contribution in [0.25, 0.3) is 0 Å². The van der Waals surface area contributed by atoms with E-state index in [4.69, 9.17) is 14.6 Å². The van der Waals surface area contributed by atoms with Gasteiger partial charge in [-0.2, -0.15) is 0 Å². The van der Waals surface area contributed by atoms with Crippen LogP contribution in [0.5, 0.6) is 5.75 Å². The highest BCUT2D eigenvalue weighted by atomic mass is 19.1. The summed E-state index contributed by atoms with van der Waals surface area (Å²) in [6, 6.07) is 4.48. The van der Waals surface area contributed by atoms with Gasteiger partial charge in [0.2, 0.25) is 0 Å². The van der Waals surface area contributed by atoms with Crippen LogP contribution in [0, 0.1) is 5.82 Å². The summed E-state index contributed by atoms with van der Waals surface area (Å²) in [6.45, 7) is 0.946. The third-order valence-electron chi connectivity index (χ3n) is 2.65. The Bertz CT molecular complexity index is 348. The average Bonchev–Trinajstić information content (AvgIpc) is 2.79. The molecule has 1 heterocycles. The highest BCUT2D eigenvalue weighted by Crippen LogP contribution is 2.19. The highest BCUT2D eigenvalue weighted by molar-refractivity contribution is 5.28. The topological polar surface area (TPSA) is 38.7 Å². The van der Waals surface area contributed by atoms with Gasteiger partial charge in [-0.25, -0.2) is 4.39 Å². The second-order valence-electron chi connectivity index (χ2n) is 3.86. The number of halogens is 1. The maximum atomic E-state index is 13.3. The molecule has 1 aromatic carbocycles. The van der Waals surface area contributed by atoms with Gasteiger partial charge >= 0.3 is 0 Å². The van der Waals surface area contributed by atoms with Gasteiger partial charge in [0.15, 0.2) is 0 Å². The number of aliphatic hydroxyl groups excluding tert-OH is 1. The molecule has 16 heavy (non-hydrogen) atoms. The van der Waals surface area contributed by atoms with Crippen LogP contribution in [0.4, 0.5) is 4.39 Å². The molecule has 2 rings (SSSR count). The van der Waals surface area contributed by atoms with Crippen molar-refractivity contribution in [2.24, 2.45) is 0 Å². The van der Waals surface area contributed by atoms with Gasteiger partial charge in [0.25, 0.3) is 0 Å². The lowest BCUT2D eigenvalue weighted by Gasteiger charge is -2.11. The summed E-state index contributed by atoms with van der Waals surface area (Å²) in [5, 5.41) is 8.81. The fourth-order valence-corrected chi connectivity index (χ4v) is 1.71. The van der Waals surface area contributed by atoms with Crippen molar-refractivity contribution >= 4 is 0 Å². The summed E-state index contributed by atoms with van der Waals surface area (Å²) in [5.74, 6) is 0.0394. The van der Waals surface area contributed by atoms with Crippen LogP contribution in [0.2, 0.25) is 0 Å². The molecule has 1 aromatic rings. The fraction of sp³-hybridized carbons (Fsp3) is 0.500. The highest BCUT2D eigenvalue weighted by Gasteiger charge is 2.16. The summed E-state index contributed by atoms with van der Waals surface area (Å²) in [7, 11) is 0. The minimum Gasteiger partial charge on any atom is -0.491 e. The van der Waals surface area contributed by atoms with Gasteiger partial charge in [-0.05, 0) is 18.9 Å². The maximum Gasteiger partial charge on any atom is 0.132 e. The van der Waals surface area contributed by atoms with Gasteiger partial charge < -0.3 is 14.6 Å². The molecule has 1 aliphatic rings. The van der Waals surface area contributed by atoms with Gasteiger partial charge in [-0.15, -0.1) is 0 Å². The number of aliphatic hydroxyl groups is 1. The number of benzene rings is 1. The Morgan fingerprint density at radius 3 is 3.00 bits per heavy atom. The predicted molar refractivity (Wildman–Crippen MR) is 56.8 cm³/mol. The molecule has 0 radical (unpaired) electrons. The van der Waals surface area contributed by atoms with Crippen LogP contribution >= 0.6 is 0 Å². The van der Waals surface area contributed by atoms with E-state index in [1.165, 1.54) is 12.1 Å². The first kappa shape index (κ1) is 11.4. The molecular formula is C12H15FO3. The summed E-state index contributed by atoms with van der Waals surface area (Å²) >= 11 is 0. The Morgan fingerprint density at radius 2 is 2.38 bits per heavy atom. The van der Waals surface area contributed by atoms with E-state index in [0.717, 1.165) is 19.4 Å². The van der Waals surface area contributed by atoms with Crippen molar-refractivity contribution in [1.29, 1.82) is 0 Å². The molecule has 88 valence electrons. The third-order valence-corrected chi connectivity index (χ3v) is 2.65. The average molecular weight is 226 g/mol. The molecule has 0 aliphatic carbocycles. The van der Waals surface area contributed by atoms with Gasteiger partial charge in [-0.3, -0.25) is 0 Å². The van der Waals surface area contributed by atoms with Crippen molar-refractivity contribution < 1.29 is 19.0 Å². The molecule has 0 spiro atoms. The fourth-order valence-electron chi connectivity index (χ4n) is 1.71. The normalized spacial score (nSPS) is 20.0. The molecule has 1 N–H and O–H groups in total. The van der Waals surface area contributed by atoms with Crippen LogP contribution in [-0.2, 0) is 11.3 Å². The SMILES string of the molecule is OCc1ccc(OC[C@@H]2CCCO2)cc1F. The van der Waals surface area contributed by atoms with Gasteiger partial charge in [0.1, 0.15) is 18.2 Å². The second kappa shape index (κ2) is 5.27. The molecule has 0 unspecified atom stereocenters. The molecule has 0 aromatic heterocycles. The van der Waals surface area contributed by atoms with E-state index >= 15 is 0 Å². The second-order valence-corrected chi connectivity index (χ2v) is 3.86. The predicted octanol–water partition coefficient (Wildman–Crippen LogP) is 1.88. The number of hydrogen-bond acceptors (Lipinski definition) is 3. The molecule has 0 saturated carbocycles. The van der Waals surface area contributed by atoms with Crippen molar-refractivity contribution in [2.75, 3.05) is 13.2 Å². The molecule has 0 bridgehead atoms. The van der Waals surface area contributed by atoms with E-state index in [2.05, 4.69) is 0 Å².